The van der Waals surface area contributed by atoms with E-state index in [0.717, 1.165) is 31.3 Å². The van der Waals surface area contributed by atoms with Crippen molar-refractivity contribution in [2.45, 2.75) is 26.1 Å². The molecule has 7 nitrogen and oxygen atoms in total. The highest BCUT2D eigenvalue weighted by Gasteiger charge is 2.15. The van der Waals surface area contributed by atoms with Gasteiger partial charge in [-0.1, -0.05) is 36.4 Å². The van der Waals surface area contributed by atoms with Crippen molar-refractivity contribution >= 4 is 5.96 Å². The van der Waals surface area contributed by atoms with Crippen LogP contribution in [0, 0.1) is 0 Å². The lowest BCUT2D eigenvalue weighted by molar-refractivity contribution is 0.298. The normalized spacial score (nSPS) is 12.6. The predicted octanol–water partition coefficient (Wildman–Crippen LogP) is 3.30. The summed E-state index contributed by atoms with van der Waals surface area (Å²) < 4.78 is 7.23. The van der Waals surface area contributed by atoms with E-state index in [-0.39, 0.29) is 6.04 Å². The van der Waals surface area contributed by atoms with Gasteiger partial charge >= 0.3 is 0 Å². The molecule has 0 radical (unpaired) electrons. The van der Waals surface area contributed by atoms with Gasteiger partial charge in [0.15, 0.2) is 5.96 Å². The number of rotatable bonds is 10. The van der Waals surface area contributed by atoms with Crippen LogP contribution in [-0.2, 0) is 13.1 Å². The summed E-state index contributed by atoms with van der Waals surface area (Å²) >= 11 is 0. The van der Waals surface area contributed by atoms with Gasteiger partial charge in [-0.25, -0.2) is 4.99 Å². The first-order valence-electron chi connectivity index (χ1n) is 11.0. The summed E-state index contributed by atoms with van der Waals surface area (Å²) in [7, 11) is 5.87. The molecule has 0 aliphatic heterocycles. The fraction of sp³-hybridized carbons (Fsp3) is 0.360. The van der Waals surface area contributed by atoms with Gasteiger partial charge in [-0.3, -0.25) is 4.68 Å². The summed E-state index contributed by atoms with van der Waals surface area (Å²) in [4.78, 5) is 7.06. The highest BCUT2D eigenvalue weighted by Crippen LogP contribution is 2.20. The number of nitrogens with one attached hydrogen (secondary N) is 2. The van der Waals surface area contributed by atoms with Crippen LogP contribution >= 0.6 is 0 Å². The highest BCUT2D eigenvalue weighted by atomic mass is 16.5. The number of guanidine groups is 1. The Morgan fingerprint density at radius 1 is 1.06 bits per heavy atom. The molecule has 1 atom stereocenters. The fourth-order valence-electron chi connectivity index (χ4n) is 3.56. The molecule has 7 heteroatoms. The molecule has 0 fully saturated rings. The number of methoxy groups -OCH3 is 1. The number of aliphatic imine (C=N–C) groups is 1. The third-order valence-electron chi connectivity index (χ3n) is 5.35. The van der Waals surface area contributed by atoms with Crippen molar-refractivity contribution in [2.75, 3.05) is 34.3 Å². The molecule has 2 aromatic carbocycles. The second kappa shape index (κ2) is 11.9. The molecule has 170 valence electrons. The average Bonchev–Trinajstić information content (AvgIpc) is 3.31. The summed E-state index contributed by atoms with van der Waals surface area (Å²) in [5.74, 6) is 1.67. The average molecular weight is 435 g/mol. The lowest BCUT2D eigenvalue weighted by Crippen LogP contribution is -2.41. The Labute approximate surface area is 191 Å². The Kier molecular flexibility index (Phi) is 8.69. The number of likely N-dealkylation sites (N-methyl/N-ethyl adjacent to an activating group) is 1. The van der Waals surface area contributed by atoms with Crippen LogP contribution in [0.4, 0.5) is 0 Å². The van der Waals surface area contributed by atoms with Crippen molar-refractivity contribution in [1.29, 1.82) is 0 Å². The first-order chi connectivity index (χ1) is 15.6. The van der Waals surface area contributed by atoms with Crippen LogP contribution in [0.25, 0.3) is 0 Å². The maximum absolute atomic E-state index is 5.29. The van der Waals surface area contributed by atoms with Crippen LogP contribution in [0.2, 0.25) is 0 Å². The van der Waals surface area contributed by atoms with E-state index in [4.69, 9.17) is 9.73 Å². The van der Waals surface area contributed by atoms with E-state index >= 15 is 0 Å². The number of hydrogen-bond acceptors (Lipinski definition) is 4. The quantitative estimate of drug-likeness (QED) is 0.379. The number of benzene rings is 2. The summed E-state index contributed by atoms with van der Waals surface area (Å²) in [5, 5.41) is 11.2. The summed E-state index contributed by atoms with van der Waals surface area (Å²) in [5.41, 5.74) is 3.64. The molecule has 0 saturated heterocycles. The van der Waals surface area contributed by atoms with E-state index in [1.807, 2.05) is 29.1 Å². The van der Waals surface area contributed by atoms with Gasteiger partial charge in [0.05, 0.1) is 26.2 Å². The van der Waals surface area contributed by atoms with Gasteiger partial charge in [0, 0.05) is 25.5 Å². The molecule has 3 aromatic rings. The number of hydrogen-bond donors (Lipinski definition) is 2. The molecule has 2 N–H and O–H groups in total. The topological polar surface area (TPSA) is 66.7 Å². The number of aromatic nitrogens is 2. The lowest BCUT2D eigenvalue weighted by atomic mass is 10.1. The van der Waals surface area contributed by atoms with Gasteiger partial charge in [-0.15, -0.1) is 0 Å². The lowest BCUT2D eigenvalue weighted by Gasteiger charge is -2.26. The molecule has 1 aromatic heterocycles. The van der Waals surface area contributed by atoms with Crippen molar-refractivity contribution in [2.24, 2.45) is 4.99 Å². The molecular weight excluding hydrogens is 400 g/mol. The van der Waals surface area contributed by atoms with Crippen LogP contribution in [0.15, 0.2) is 72.0 Å². The maximum Gasteiger partial charge on any atom is 0.191 e. The molecule has 0 amide bonds. The van der Waals surface area contributed by atoms with Crippen LogP contribution < -0.4 is 15.4 Å². The minimum absolute atomic E-state index is 0.205. The molecule has 0 spiro atoms. The molecule has 0 saturated carbocycles. The Morgan fingerprint density at radius 3 is 2.44 bits per heavy atom. The minimum Gasteiger partial charge on any atom is -0.497 e. The number of ether oxygens (including phenoxy) is 1. The first-order valence-corrected chi connectivity index (χ1v) is 11.0. The largest absolute Gasteiger partial charge is 0.497 e. The Morgan fingerprint density at radius 2 is 1.81 bits per heavy atom. The van der Waals surface area contributed by atoms with Gasteiger partial charge in [0.2, 0.25) is 0 Å². The van der Waals surface area contributed by atoms with E-state index in [2.05, 4.69) is 78.0 Å². The zero-order chi connectivity index (χ0) is 22.8. The molecule has 0 bridgehead atoms. The SMILES string of the molecule is CCNC(=NCc1ccccc1Cn1cccn1)NCC(c1ccc(OC)cc1)N(C)C. The minimum atomic E-state index is 0.205. The zero-order valence-corrected chi connectivity index (χ0v) is 19.5. The van der Waals surface area contributed by atoms with Crippen LogP contribution in [0.5, 0.6) is 5.75 Å². The van der Waals surface area contributed by atoms with Crippen molar-refractivity contribution in [1.82, 2.24) is 25.3 Å². The maximum atomic E-state index is 5.29. The summed E-state index contributed by atoms with van der Waals surface area (Å²) in [6.45, 7) is 4.95. The molecule has 0 aliphatic carbocycles. The van der Waals surface area contributed by atoms with Gasteiger partial charge in [0.1, 0.15) is 5.75 Å². The fourth-order valence-corrected chi connectivity index (χ4v) is 3.56. The van der Waals surface area contributed by atoms with E-state index < -0.39 is 0 Å². The second-order valence-electron chi connectivity index (χ2n) is 7.80. The molecule has 1 unspecified atom stereocenters. The molecule has 32 heavy (non-hydrogen) atoms. The predicted molar refractivity (Wildman–Crippen MR) is 130 cm³/mol. The van der Waals surface area contributed by atoms with Gasteiger partial charge in [0.25, 0.3) is 0 Å². The van der Waals surface area contributed by atoms with Crippen LogP contribution in [0.1, 0.15) is 29.7 Å². The van der Waals surface area contributed by atoms with Crippen molar-refractivity contribution < 1.29 is 4.74 Å². The molecule has 1 heterocycles. The summed E-state index contributed by atoms with van der Waals surface area (Å²) in [6, 6.07) is 18.8. The van der Waals surface area contributed by atoms with Gasteiger partial charge in [-0.2, -0.15) is 5.10 Å². The zero-order valence-electron chi connectivity index (χ0n) is 19.5. The van der Waals surface area contributed by atoms with Crippen molar-refractivity contribution in [3.05, 3.63) is 83.7 Å². The third-order valence-corrected chi connectivity index (χ3v) is 5.35. The van der Waals surface area contributed by atoms with Gasteiger partial charge < -0.3 is 20.3 Å². The Bertz CT molecular complexity index is 966. The second-order valence-corrected chi connectivity index (χ2v) is 7.80. The van der Waals surface area contributed by atoms with Crippen LogP contribution in [-0.4, -0.2) is 54.9 Å². The standard InChI is InChI=1S/C25H34N6O/c1-5-26-25(28-18-24(30(2)3)20-11-13-23(32-4)14-12-20)27-17-21-9-6-7-10-22(21)19-31-16-8-15-29-31/h6-16,24H,5,17-19H2,1-4H3,(H2,26,27,28). The molecular formula is C25H34N6O. The monoisotopic (exact) mass is 434 g/mol. The van der Waals surface area contributed by atoms with E-state index in [9.17, 15) is 0 Å². The van der Waals surface area contributed by atoms with E-state index in [1.54, 1.807) is 13.3 Å². The Hall–Kier alpha value is -3.32. The third kappa shape index (κ3) is 6.59. The smallest absolute Gasteiger partial charge is 0.191 e. The highest BCUT2D eigenvalue weighted by molar-refractivity contribution is 5.79. The van der Waals surface area contributed by atoms with E-state index in [1.165, 1.54) is 16.7 Å². The first kappa shape index (κ1) is 23.3. The summed E-state index contributed by atoms with van der Waals surface area (Å²) in [6.07, 6.45) is 3.78. The van der Waals surface area contributed by atoms with Gasteiger partial charge in [-0.05, 0) is 55.9 Å². The van der Waals surface area contributed by atoms with Crippen molar-refractivity contribution in [3.8, 4) is 5.75 Å². The van der Waals surface area contributed by atoms with Crippen molar-refractivity contribution in [3.63, 3.8) is 0 Å². The van der Waals surface area contributed by atoms with Crippen LogP contribution in [0.3, 0.4) is 0 Å². The van der Waals surface area contributed by atoms with E-state index in [0.29, 0.717) is 6.54 Å². The molecule has 0 aliphatic rings. The molecule has 3 rings (SSSR count). The number of nitrogens with zero attached hydrogens (tertiary/aromatic N) is 4. The Balaban J connectivity index is 1.69.